The second-order valence-electron chi connectivity index (χ2n) is 3.63. The highest BCUT2D eigenvalue weighted by atomic mass is 16.7. The SMILES string of the molecule is CCc1cc(OC(=O)O)c(C)c(C)c1C. The van der Waals surface area contributed by atoms with Crippen molar-refractivity contribution in [2.24, 2.45) is 0 Å². The lowest BCUT2D eigenvalue weighted by atomic mass is 9.96. The zero-order valence-electron chi connectivity index (χ0n) is 9.55. The minimum atomic E-state index is -1.26. The lowest BCUT2D eigenvalue weighted by molar-refractivity contribution is 0.144. The van der Waals surface area contributed by atoms with E-state index in [4.69, 9.17) is 9.84 Å². The molecule has 0 aliphatic rings. The van der Waals surface area contributed by atoms with E-state index in [1.165, 1.54) is 5.56 Å². The molecule has 0 saturated carbocycles. The lowest BCUT2D eigenvalue weighted by Gasteiger charge is -2.13. The molecular weight excluding hydrogens is 192 g/mol. The number of ether oxygens (including phenoxy) is 1. The van der Waals surface area contributed by atoms with Gasteiger partial charge in [-0.1, -0.05) is 6.92 Å². The van der Waals surface area contributed by atoms with Crippen LogP contribution >= 0.6 is 0 Å². The molecule has 0 amide bonds. The minimum Gasteiger partial charge on any atom is -0.449 e. The highest BCUT2D eigenvalue weighted by molar-refractivity contribution is 5.63. The van der Waals surface area contributed by atoms with Gasteiger partial charge in [0, 0.05) is 0 Å². The Balaban J connectivity index is 3.28. The van der Waals surface area contributed by atoms with Gasteiger partial charge in [-0.3, -0.25) is 0 Å². The first-order valence-corrected chi connectivity index (χ1v) is 4.97. The van der Waals surface area contributed by atoms with E-state index in [0.29, 0.717) is 5.75 Å². The lowest BCUT2D eigenvalue weighted by Crippen LogP contribution is -2.06. The highest BCUT2D eigenvalue weighted by Gasteiger charge is 2.11. The van der Waals surface area contributed by atoms with E-state index in [2.05, 4.69) is 0 Å². The van der Waals surface area contributed by atoms with Crippen LogP contribution < -0.4 is 4.74 Å². The maximum atomic E-state index is 10.5. The van der Waals surface area contributed by atoms with E-state index in [1.54, 1.807) is 0 Å². The van der Waals surface area contributed by atoms with Crippen molar-refractivity contribution in [3.05, 3.63) is 28.3 Å². The van der Waals surface area contributed by atoms with E-state index in [1.807, 2.05) is 33.8 Å². The van der Waals surface area contributed by atoms with Gasteiger partial charge in [-0.05, 0) is 55.5 Å². The molecule has 0 radical (unpaired) electrons. The van der Waals surface area contributed by atoms with Crippen LogP contribution in [0.1, 0.15) is 29.2 Å². The monoisotopic (exact) mass is 208 g/mol. The summed E-state index contributed by atoms with van der Waals surface area (Å²) in [5.41, 5.74) is 4.35. The van der Waals surface area contributed by atoms with Crippen molar-refractivity contribution in [1.29, 1.82) is 0 Å². The summed E-state index contributed by atoms with van der Waals surface area (Å²) in [4.78, 5) is 10.5. The Morgan fingerprint density at radius 1 is 1.27 bits per heavy atom. The zero-order chi connectivity index (χ0) is 11.6. The van der Waals surface area contributed by atoms with Gasteiger partial charge < -0.3 is 9.84 Å². The van der Waals surface area contributed by atoms with Crippen LogP contribution in [0.4, 0.5) is 4.79 Å². The molecule has 1 rings (SSSR count). The topological polar surface area (TPSA) is 46.5 Å². The van der Waals surface area contributed by atoms with E-state index in [-0.39, 0.29) is 0 Å². The summed E-state index contributed by atoms with van der Waals surface area (Å²) in [7, 11) is 0. The van der Waals surface area contributed by atoms with Crippen molar-refractivity contribution in [2.75, 3.05) is 0 Å². The molecule has 3 heteroatoms. The van der Waals surface area contributed by atoms with Crippen LogP contribution in [0.5, 0.6) is 5.75 Å². The molecule has 0 saturated heterocycles. The second kappa shape index (κ2) is 4.34. The summed E-state index contributed by atoms with van der Waals surface area (Å²) < 4.78 is 4.74. The van der Waals surface area contributed by atoms with Crippen LogP contribution in [0.15, 0.2) is 6.07 Å². The molecule has 0 atom stereocenters. The van der Waals surface area contributed by atoms with Gasteiger partial charge in [0.1, 0.15) is 5.75 Å². The van der Waals surface area contributed by atoms with Crippen LogP contribution in [0.25, 0.3) is 0 Å². The zero-order valence-corrected chi connectivity index (χ0v) is 9.55. The fraction of sp³-hybridized carbons (Fsp3) is 0.417. The summed E-state index contributed by atoms with van der Waals surface area (Å²) in [6, 6.07) is 1.81. The molecule has 1 N–H and O–H groups in total. The van der Waals surface area contributed by atoms with E-state index in [0.717, 1.165) is 23.1 Å². The molecule has 0 fully saturated rings. The molecule has 3 nitrogen and oxygen atoms in total. The number of carboxylic acid groups (broad SMARTS) is 1. The van der Waals surface area contributed by atoms with Crippen molar-refractivity contribution >= 4 is 6.16 Å². The second-order valence-corrected chi connectivity index (χ2v) is 3.63. The summed E-state index contributed by atoms with van der Waals surface area (Å²) in [6.07, 6.45) is -0.383. The average molecular weight is 208 g/mol. The fourth-order valence-corrected chi connectivity index (χ4v) is 1.65. The van der Waals surface area contributed by atoms with Gasteiger partial charge in [0.2, 0.25) is 0 Å². The molecule has 15 heavy (non-hydrogen) atoms. The Morgan fingerprint density at radius 3 is 2.33 bits per heavy atom. The molecule has 0 aliphatic heterocycles. The van der Waals surface area contributed by atoms with Crippen LogP contribution in [-0.4, -0.2) is 11.3 Å². The number of benzene rings is 1. The number of hydrogen-bond donors (Lipinski definition) is 1. The normalized spacial score (nSPS) is 10.1. The summed E-state index contributed by atoms with van der Waals surface area (Å²) >= 11 is 0. The number of aryl methyl sites for hydroxylation is 1. The highest BCUT2D eigenvalue weighted by Crippen LogP contribution is 2.27. The van der Waals surface area contributed by atoms with Crippen LogP contribution in [-0.2, 0) is 6.42 Å². The molecule has 1 aromatic rings. The first-order chi connectivity index (χ1) is 6.97. The third-order valence-corrected chi connectivity index (χ3v) is 2.86. The smallest absolute Gasteiger partial charge is 0.449 e. The third-order valence-electron chi connectivity index (χ3n) is 2.86. The molecular formula is C12H16O3. The van der Waals surface area contributed by atoms with Gasteiger partial charge in [0.15, 0.2) is 0 Å². The standard InChI is InChI=1S/C12H16O3/c1-5-10-6-11(15-12(13)14)9(4)7(2)8(10)3/h6H,5H2,1-4H3,(H,13,14). The summed E-state index contributed by atoms with van der Waals surface area (Å²) in [5.74, 6) is 0.447. The van der Waals surface area contributed by atoms with Crippen LogP contribution in [0, 0.1) is 20.8 Å². The Labute approximate surface area is 89.7 Å². The van der Waals surface area contributed by atoms with Crippen molar-refractivity contribution < 1.29 is 14.6 Å². The maximum absolute atomic E-state index is 10.5. The van der Waals surface area contributed by atoms with Crippen molar-refractivity contribution in [3.63, 3.8) is 0 Å². The molecule has 0 bridgehead atoms. The van der Waals surface area contributed by atoms with Crippen molar-refractivity contribution in [1.82, 2.24) is 0 Å². The predicted octanol–water partition coefficient (Wildman–Crippen LogP) is 3.23. The van der Waals surface area contributed by atoms with E-state index < -0.39 is 6.16 Å². The van der Waals surface area contributed by atoms with Gasteiger partial charge in [0.05, 0.1) is 0 Å². The van der Waals surface area contributed by atoms with Crippen molar-refractivity contribution in [3.8, 4) is 5.75 Å². The van der Waals surface area contributed by atoms with Gasteiger partial charge in [0.25, 0.3) is 0 Å². The Morgan fingerprint density at radius 2 is 1.87 bits per heavy atom. The van der Waals surface area contributed by atoms with Crippen LogP contribution in [0.2, 0.25) is 0 Å². The molecule has 0 unspecified atom stereocenters. The minimum absolute atomic E-state index is 0.447. The van der Waals surface area contributed by atoms with Crippen LogP contribution in [0.3, 0.4) is 0 Å². The molecule has 0 aliphatic carbocycles. The largest absolute Gasteiger partial charge is 0.511 e. The van der Waals surface area contributed by atoms with E-state index in [9.17, 15) is 4.79 Å². The van der Waals surface area contributed by atoms with Gasteiger partial charge >= 0.3 is 6.16 Å². The molecule has 82 valence electrons. The molecule has 1 aromatic carbocycles. The van der Waals surface area contributed by atoms with Gasteiger partial charge in [-0.2, -0.15) is 0 Å². The molecule has 0 aromatic heterocycles. The Kier molecular flexibility index (Phi) is 3.35. The number of rotatable bonds is 2. The van der Waals surface area contributed by atoms with Gasteiger partial charge in [-0.15, -0.1) is 0 Å². The third kappa shape index (κ3) is 2.29. The summed E-state index contributed by atoms with van der Waals surface area (Å²) in [5, 5.41) is 8.59. The first-order valence-electron chi connectivity index (χ1n) is 4.97. The first kappa shape index (κ1) is 11.6. The molecule has 0 heterocycles. The number of hydrogen-bond acceptors (Lipinski definition) is 2. The predicted molar refractivity (Wildman–Crippen MR) is 58.7 cm³/mol. The fourth-order valence-electron chi connectivity index (χ4n) is 1.65. The Hall–Kier alpha value is -1.51. The summed E-state index contributed by atoms with van der Waals surface area (Å²) in [6.45, 7) is 7.95. The van der Waals surface area contributed by atoms with Gasteiger partial charge in [-0.25, -0.2) is 4.79 Å². The van der Waals surface area contributed by atoms with E-state index >= 15 is 0 Å². The molecule has 0 spiro atoms. The number of carbonyl (C=O) groups is 1. The average Bonchev–Trinajstić information content (AvgIpc) is 2.18. The maximum Gasteiger partial charge on any atom is 0.511 e. The van der Waals surface area contributed by atoms with Crippen molar-refractivity contribution in [2.45, 2.75) is 34.1 Å². The Bertz CT molecular complexity index is 394. The quantitative estimate of drug-likeness (QED) is 0.599.